The molecule has 0 bridgehead atoms. The summed E-state index contributed by atoms with van der Waals surface area (Å²) in [5.41, 5.74) is 0.158. The van der Waals surface area contributed by atoms with E-state index in [1.807, 2.05) is 0 Å². The summed E-state index contributed by atoms with van der Waals surface area (Å²) in [5.74, 6) is -1.65. The fourth-order valence-corrected chi connectivity index (χ4v) is 1.51. The molecule has 0 aliphatic heterocycles. The molecule has 1 amide bonds. The average Bonchev–Trinajstić information content (AvgIpc) is 2.85. The second-order valence-electron chi connectivity index (χ2n) is 3.72. The Morgan fingerprint density at radius 3 is 2.89 bits per heavy atom. The molecule has 94 valence electrons. The maximum Gasteiger partial charge on any atom is 0.273 e. The molecule has 0 radical (unpaired) electrons. The molecule has 5 nitrogen and oxygen atoms in total. The van der Waals surface area contributed by atoms with Crippen LogP contribution in [0.4, 0.5) is 8.78 Å². The number of aromatic amines is 1. The molecule has 1 heterocycles. The number of amides is 1. The molecule has 7 heteroatoms. The van der Waals surface area contributed by atoms with E-state index in [-0.39, 0.29) is 11.3 Å². The minimum Gasteiger partial charge on any atom is -0.344 e. The van der Waals surface area contributed by atoms with Crippen molar-refractivity contribution in [1.82, 2.24) is 20.7 Å². The third-order valence-corrected chi connectivity index (χ3v) is 2.42. The topological polar surface area (TPSA) is 70.7 Å². The van der Waals surface area contributed by atoms with Crippen molar-refractivity contribution in [2.24, 2.45) is 0 Å². The molecule has 1 atom stereocenters. The Kier molecular flexibility index (Phi) is 3.31. The zero-order valence-electron chi connectivity index (χ0n) is 9.45. The van der Waals surface area contributed by atoms with E-state index in [1.54, 1.807) is 6.92 Å². The standard InChI is InChI=1S/C11H10F2N4O/c1-6(8-4-7(12)2-3-9(8)13)15-11(18)10-5-14-17-16-10/h2-6H,1H3,(H,15,18)(H,14,16,17). The van der Waals surface area contributed by atoms with Crippen LogP contribution < -0.4 is 5.32 Å². The van der Waals surface area contributed by atoms with Crippen molar-refractivity contribution in [3.8, 4) is 0 Å². The van der Waals surface area contributed by atoms with Gasteiger partial charge in [0.25, 0.3) is 5.91 Å². The van der Waals surface area contributed by atoms with Crippen LogP contribution in [-0.4, -0.2) is 21.3 Å². The van der Waals surface area contributed by atoms with Crippen LogP contribution in [0.5, 0.6) is 0 Å². The van der Waals surface area contributed by atoms with Gasteiger partial charge in [0.05, 0.1) is 12.2 Å². The van der Waals surface area contributed by atoms with Crippen molar-refractivity contribution < 1.29 is 13.6 Å². The lowest BCUT2D eigenvalue weighted by atomic mass is 10.1. The van der Waals surface area contributed by atoms with E-state index in [0.717, 1.165) is 18.2 Å². The Morgan fingerprint density at radius 1 is 1.44 bits per heavy atom. The molecule has 0 saturated heterocycles. The summed E-state index contributed by atoms with van der Waals surface area (Å²) in [6.45, 7) is 1.55. The van der Waals surface area contributed by atoms with Crippen LogP contribution in [-0.2, 0) is 0 Å². The van der Waals surface area contributed by atoms with Crippen molar-refractivity contribution in [3.63, 3.8) is 0 Å². The number of carbonyl (C=O) groups is 1. The zero-order valence-corrected chi connectivity index (χ0v) is 9.45. The number of halogens is 2. The van der Waals surface area contributed by atoms with Gasteiger partial charge in [0.2, 0.25) is 0 Å². The van der Waals surface area contributed by atoms with Crippen LogP contribution in [0.1, 0.15) is 29.0 Å². The quantitative estimate of drug-likeness (QED) is 0.871. The van der Waals surface area contributed by atoms with Crippen LogP contribution in [0.2, 0.25) is 0 Å². The van der Waals surface area contributed by atoms with Crippen LogP contribution in [0.3, 0.4) is 0 Å². The highest BCUT2D eigenvalue weighted by atomic mass is 19.1. The van der Waals surface area contributed by atoms with E-state index in [4.69, 9.17) is 0 Å². The highest BCUT2D eigenvalue weighted by Crippen LogP contribution is 2.18. The number of hydrogen-bond acceptors (Lipinski definition) is 3. The summed E-state index contributed by atoms with van der Waals surface area (Å²) in [7, 11) is 0. The Labute approximate surface area is 101 Å². The Balaban J connectivity index is 2.14. The number of nitrogens with zero attached hydrogens (tertiary/aromatic N) is 2. The molecule has 18 heavy (non-hydrogen) atoms. The van der Waals surface area contributed by atoms with Crippen molar-refractivity contribution in [1.29, 1.82) is 0 Å². The summed E-state index contributed by atoms with van der Waals surface area (Å²) in [4.78, 5) is 11.6. The normalized spacial score (nSPS) is 12.2. The molecule has 1 aromatic heterocycles. The lowest BCUT2D eigenvalue weighted by Gasteiger charge is -2.14. The first-order chi connectivity index (χ1) is 8.58. The Bertz CT molecular complexity index is 556. The van der Waals surface area contributed by atoms with Gasteiger partial charge >= 0.3 is 0 Å². The second kappa shape index (κ2) is 4.91. The average molecular weight is 252 g/mol. The fraction of sp³-hybridized carbons (Fsp3) is 0.182. The molecule has 2 rings (SSSR count). The van der Waals surface area contributed by atoms with Gasteiger partial charge in [-0.05, 0) is 25.1 Å². The number of benzene rings is 1. The van der Waals surface area contributed by atoms with E-state index in [2.05, 4.69) is 20.7 Å². The number of nitrogens with one attached hydrogen (secondary N) is 2. The van der Waals surface area contributed by atoms with Gasteiger partial charge in [-0.25, -0.2) is 8.78 Å². The van der Waals surface area contributed by atoms with Gasteiger partial charge in [0.15, 0.2) is 5.69 Å². The third-order valence-electron chi connectivity index (χ3n) is 2.42. The van der Waals surface area contributed by atoms with Gasteiger partial charge in [-0.3, -0.25) is 4.79 Å². The molecule has 0 aliphatic carbocycles. The summed E-state index contributed by atoms with van der Waals surface area (Å²) in [6, 6.07) is 2.40. The number of hydrogen-bond donors (Lipinski definition) is 2. The molecule has 2 aromatic rings. The van der Waals surface area contributed by atoms with Gasteiger partial charge < -0.3 is 5.32 Å². The molecule has 0 fully saturated rings. The molecular formula is C11H10F2N4O. The van der Waals surface area contributed by atoms with Crippen LogP contribution in [0.25, 0.3) is 0 Å². The molecule has 2 N–H and O–H groups in total. The van der Waals surface area contributed by atoms with Crippen LogP contribution in [0.15, 0.2) is 24.4 Å². The van der Waals surface area contributed by atoms with E-state index in [1.165, 1.54) is 6.20 Å². The molecule has 0 saturated carbocycles. The molecule has 0 aliphatic rings. The Morgan fingerprint density at radius 2 is 2.22 bits per heavy atom. The van der Waals surface area contributed by atoms with E-state index < -0.39 is 23.6 Å². The lowest BCUT2D eigenvalue weighted by Crippen LogP contribution is -2.27. The van der Waals surface area contributed by atoms with E-state index in [0.29, 0.717) is 0 Å². The first kappa shape index (κ1) is 12.2. The van der Waals surface area contributed by atoms with Crippen LogP contribution in [0, 0.1) is 11.6 Å². The van der Waals surface area contributed by atoms with Gasteiger partial charge in [-0.2, -0.15) is 15.4 Å². The molecule has 1 aromatic carbocycles. The number of carbonyl (C=O) groups excluding carboxylic acids is 1. The third kappa shape index (κ3) is 2.50. The van der Waals surface area contributed by atoms with E-state index >= 15 is 0 Å². The summed E-state index contributed by atoms with van der Waals surface area (Å²) >= 11 is 0. The number of aromatic nitrogens is 3. The first-order valence-electron chi connectivity index (χ1n) is 5.19. The lowest BCUT2D eigenvalue weighted by molar-refractivity contribution is 0.0934. The summed E-state index contributed by atoms with van der Waals surface area (Å²) in [5, 5.41) is 11.9. The predicted octanol–water partition coefficient (Wildman–Crippen LogP) is 1.57. The van der Waals surface area contributed by atoms with Crippen molar-refractivity contribution in [3.05, 3.63) is 47.3 Å². The fourth-order valence-electron chi connectivity index (χ4n) is 1.51. The molecule has 1 unspecified atom stereocenters. The van der Waals surface area contributed by atoms with Gasteiger partial charge in [-0.15, -0.1) is 0 Å². The van der Waals surface area contributed by atoms with Crippen molar-refractivity contribution in [2.45, 2.75) is 13.0 Å². The maximum atomic E-state index is 13.5. The van der Waals surface area contributed by atoms with Gasteiger partial charge in [0, 0.05) is 5.56 Å². The molecular weight excluding hydrogens is 242 g/mol. The first-order valence-corrected chi connectivity index (χ1v) is 5.19. The van der Waals surface area contributed by atoms with E-state index in [9.17, 15) is 13.6 Å². The number of H-pyrrole nitrogens is 1. The monoisotopic (exact) mass is 252 g/mol. The van der Waals surface area contributed by atoms with Crippen molar-refractivity contribution in [2.75, 3.05) is 0 Å². The summed E-state index contributed by atoms with van der Waals surface area (Å²) in [6.07, 6.45) is 1.24. The largest absolute Gasteiger partial charge is 0.344 e. The minimum absolute atomic E-state index is 0.0758. The van der Waals surface area contributed by atoms with Gasteiger partial charge in [-0.1, -0.05) is 0 Å². The number of rotatable bonds is 3. The minimum atomic E-state index is -0.676. The summed E-state index contributed by atoms with van der Waals surface area (Å²) < 4.78 is 26.5. The zero-order chi connectivity index (χ0) is 13.1. The van der Waals surface area contributed by atoms with Crippen molar-refractivity contribution >= 4 is 5.91 Å². The predicted molar refractivity (Wildman–Crippen MR) is 58.6 cm³/mol. The highest BCUT2D eigenvalue weighted by Gasteiger charge is 2.16. The van der Waals surface area contributed by atoms with Gasteiger partial charge in [0.1, 0.15) is 11.6 Å². The smallest absolute Gasteiger partial charge is 0.273 e. The molecule has 0 spiro atoms. The van der Waals surface area contributed by atoms with Crippen LogP contribution >= 0.6 is 0 Å². The SMILES string of the molecule is CC(NC(=O)c1cn[nH]n1)c1cc(F)ccc1F. The Hall–Kier alpha value is -2.31. The maximum absolute atomic E-state index is 13.5. The second-order valence-corrected chi connectivity index (χ2v) is 3.72. The highest BCUT2D eigenvalue weighted by molar-refractivity contribution is 5.92.